The second kappa shape index (κ2) is 5.52. The highest BCUT2D eigenvalue weighted by molar-refractivity contribution is 5.30. The van der Waals surface area contributed by atoms with Gasteiger partial charge in [-0.25, -0.2) is 0 Å². The number of hydrogen-bond acceptors (Lipinski definition) is 3. The standard InChI is InChI=1S/C14H21NO2/c1-15(2)9-12-10-17-7-6-14(12)11-4-3-5-13(16)8-11/h3-5,8,12,14,16H,6-7,9-10H2,1-2H3. The van der Waals surface area contributed by atoms with Gasteiger partial charge in [-0.1, -0.05) is 12.1 Å². The molecule has 0 radical (unpaired) electrons. The summed E-state index contributed by atoms with van der Waals surface area (Å²) in [5.74, 6) is 1.37. The van der Waals surface area contributed by atoms with Gasteiger partial charge in [0.15, 0.2) is 0 Å². The van der Waals surface area contributed by atoms with Crippen molar-refractivity contribution in [3.63, 3.8) is 0 Å². The van der Waals surface area contributed by atoms with Gasteiger partial charge in [0.2, 0.25) is 0 Å². The Kier molecular flexibility index (Phi) is 4.02. The molecule has 3 heteroatoms. The summed E-state index contributed by atoms with van der Waals surface area (Å²) in [6, 6.07) is 7.65. The van der Waals surface area contributed by atoms with Gasteiger partial charge in [-0.05, 0) is 44.1 Å². The number of phenolic OH excluding ortho intramolecular Hbond substituents is 1. The Bertz CT molecular complexity index is 365. The summed E-state index contributed by atoms with van der Waals surface area (Å²) in [6.45, 7) is 2.67. The van der Waals surface area contributed by atoms with Crippen molar-refractivity contribution < 1.29 is 9.84 Å². The van der Waals surface area contributed by atoms with E-state index < -0.39 is 0 Å². The summed E-state index contributed by atoms with van der Waals surface area (Å²) < 4.78 is 5.58. The van der Waals surface area contributed by atoms with Gasteiger partial charge in [0, 0.05) is 19.1 Å². The average Bonchev–Trinajstić information content (AvgIpc) is 2.29. The second-order valence-electron chi connectivity index (χ2n) is 5.09. The first-order valence-electron chi connectivity index (χ1n) is 6.18. The molecule has 1 saturated heterocycles. The summed E-state index contributed by atoms with van der Waals surface area (Å²) in [6.07, 6.45) is 1.04. The molecular formula is C14H21NO2. The minimum Gasteiger partial charge on any atom is -0.508 e. The fourth-order valence-electron chi connectivity index (χ4n) is 2.64. The van der Waals surface area contributed by atoms with Crippen LogP contribution in [0, 0.1) is 5.92 Å². The van der Waals surface area contributed by atoms with Crippen LogP contribution in [0.5, 0.6) is 5.75 Å². The first-order chi connectivity index (χ1) is 8.16. The quantitative estimate of drug-likeness (QED) is 0.870. The van der Waals surface area contributed by atoms with E-state index in [0.29, 0.717) is 17.6 Å². The lowest BCUT2D eigenvalue weighted by molar-refractivity contribution is 0.0302. The highest BCUT2D eigenvalue weighted by Gasteiger charge is 2.27. The van der Waals surface area contributed by atoms with E-state index in [1.165, 1.54) is 5.56 Å². The van der Waals surface area contributed by atoms with Crippen LogP contribution in [0.1, 0.15) is 17.9 Å². The zero-order chi connectivity index (χ0) is 12.3. The van der Waals surface area contributed by atoms with Gasteiger partial charge in [0.05, 0.1) is 6.61 Å². The van der Waals surface area contributed by atoms with Gasteiger partial charge in [-0.3, -0.25) is 0 Å². The lowest BCUT2D eigenvalue weighted by Crippen LogP contribution is -2.34. The van der Waals surface area contributed by atoms with Crippen LogP contribution in [-0.2, 0) is 4.74 Å². The van der Waals surface area contributed by atoms with E-state index in [2.05, 4.69) is 25.1 Å². The van der Waals surface area contributed by atoms with Crippen molar-refractivity contribution in [2.75, 3.05) is 33.9 Å². The van der Waals surface area contributed by atoms with Crippen molar-refractivity contribution in [1.82, 2.24) is 4.90 Å². The number of ether oxygens (including phenoxy) is 1. The fourth-order valence-corrected chi connectivity index (χ4v) is 2.64. The van der Waals surface area contributed by atoms with Crippen LogP contribution >= 0.6 is 0 Å². The molecule has 0 amide bonds. The smallest absolute Gasteiger partial charge is 0.115 e. The molecule has 17 heavy (non-hydrogen) atoms. The molecule has 0 aromatic heterocycles. The minimum atomic E-state index is 0.359. The van der Waals surface area contributed by atoms with Crippen LogP contribution in [0.15, 0.2) is 24.3 Å². The van der Waals surface area contributed by atoms with Gasteiger partial charge >= 0.3 is 0 Å². The van der Waals surface area contributed by atoms with Crippen LogP contribution < -0.4 is 0 Å². The number of aromatic hydroxyl groups is 1. The SMILES string of the molecule is CN(C)CC1COCCC1c1cccc(O)c1. The minimum absolute atomic E-state index is 0.359. The molecule has 1 aliphatic heterocycles. The lowest BCUT2D eigenvalue weighted by Gasteiger charge is -2.33. The predicted octanol–water partition coefficient (Wildman–Crippen LogP) is 2.07. The largest absolute Gasteiger partial charge is 0.508 e. The Hall–Kier alpha value is -1.06. The van der Waals surface area contributed by atoms with Crippen LogP contribution in [0.2, 0.25) is 0 Å². The number of phenols is 1. The molecule has 0 saturated carbocycles. The molecule has 0 bridgehead atoms. The number of nitrogens with zero attached hydrogens (tertiary/aromatic N) is 1. The third kappa shape index (κ3) is 3.20. The Balaban J connectivity index is 2.15. The first kappa shape index (κ1) is 12.4. The van der Waals surface area contributed by atoms with E-state index in [9.17, 15) is 5.11 Å². The maximum Gasteiger partial charge on any atom is 0.115 e. The molecule has 1 fully saturated rings. The molecule has 2 unspecified atom stereocenters. The molecule has 1 N–H and O–H groups in total. The summed E-state index contributed by atoms with van der Waals surface area (Å²) in [5.41, 5.74) is 1.24. The topological polar surface area (TPSA) is 32.7 Å². The molecule has 1 aliphatic rings. The Morgan fingerprint density at radius 1 is 1.41 bits per heavy atom. The van der Waals surface area contributed by atoms with E-state index in [0.717, 1.165) is 26.2 Å². The monoisotopic (exact) mass is 235 g/mol. The van der Waals surface area contributed by atoms with Gasteiger partial charge in [-0.15, -0.1) is 0 Å². The van der Waals surface area contributed by atoms with E-state index in [-0.39, 0.29) is 0 Å². The zero-order valence-corrected chi connectivity index (χ0v) is 10.6. The average molecular weight is 235 g/mol. The van der Waals surface area contributed by atoms with E-state index in [4.69, 9.17) is 4.74 Å². The third-order valence-electron chi connectivity index (χ3n) is 3.37. The molecule has 0 aliphatic carbocycles. The number of hydrogen-bond donors (Lipinski definition) is 1. The van der Waals surface area contributed by atoms with Gasteiger partial charge in [0.25, 0.3) is 0 Å². The molecule has 3 nitrogen and oxygen atoms in total. The fraction of sp³-hybridized carbons (Fsp3) is 0.571. The van der Waals surface area contributed by atoms with Gasteiger partial charge in [0.1, 0.15) is 5.75 Å². The molecular weight excluding hydrogens is 214 g/mol. The predicted molar refractivity (Wildman–Crippen MR) is 68.3 cm³/mol. The van der Waals surface area contributed by atoms with Crippen molar-refractivity contribution in [2.24, 2.45) is 5.92 Å². The summed E-state index contributed by atoms with van der Waals surface area (Å²) in [5, 5.41) is 9.57. The lowest BCUT2D eigenvalue weighted by atomic mass is 9.82. The summed E-state index contributed by atoms with van der Waals surface area (Å²) >= 11 is 0. The van der Waals surface area contributed by atoms with Crippen LogP contribution in [0.4, 0.5) is 0 Å². The molecule has 1 heterocycles. The zero-order valence-electron chi connectivity index (χ0n) is 10.6. The van der Waals surface area contributed by atoms with Gasteiger partial charge in [-0.2, -0.15) is 0 Å². The van der Waals surface area contributed by atoms with Gasteiger partial charge < -0.3 is 14.7 Å². The van der Waals surface area contributed by atoms with Crippen LogP contribution in [0.25, 0.3) is 0 Å². The molecule has 0 spiro atoms. The summed E-state index contributed by atoms with van der Waals surface area (Å²) in [7, 11) is 4.18. The van der Waals surface area contributed by atoms with Crippen molar-refractivity contribution in [3.8, 4) is 5.75 Å². The highest BCUT2D eigenvalue weighted by atomic mass is 16.5. The van der Waals surface area contributed by atoms with Crippen molar-refractivity contribution in [2.45, 2.75) is 12.3 Å². The third-order valence-corrected chi connectivity index (χ3v) is 3.37. The van der Waals surface area contributed by atoms with Crippen molar-refractivity contribution in [3.05, 3.63) is 29.8 Å². The molecule has 2 rings (SSSR count). The molecule has 2 atom stereocenters. The Morgan fingerprint density at radius 3 is 2.94 bits per heavy atom. The second-order valence-corrected chi connectivity index (χ2v) is 5.09. The normalized spacial score (nSPS) is 25.1. The number of benzene rings is 1. The van der Waals surface area contributed by atoms with Crippen LogP contribution in [0.3, 0.4) is 0 Å². The molecule has 94 valence electrons. The van der Waals surface area contributed by atoms with Crippen LogP contribution in [-0.4, -0.2) is 43.9 Å². The van der Waals surface area contributed by atoms with E-state index in [1.54, 1.807) is 6.07 Å². The van der Waals surface area contributed by atoms with E-state index >= 15 is 0 Å². The maximum absolute atomic E-state index is 9.57. The maximum atomic E-state index is 9.57. The first-order valence-corrected chi connectivity index (χ1v) is 6.18. The Labute approximate surface area is 103 Å². The van der Waals surface area contributed by atoms with Crippen molar-refractivity contribution in [1.29, 1.82) is 0 Å². The summed E-state index contributed by atoms with van der Waals surface area (Å²) in [4.78, 5) is 2.20. The highest BCUT2D eigenvalue weighted by Crippen LogP contribution is 2.33. The number of rotatable bonds is 3. The Morgan fingerprint density at radius 2 is 2.24 bits per heavy atom. The van der Waals surface area contributed by atoms with E-state index in [1.807, 2.05) is 12.1 Å². The molecule has 1 aromatic rings. The molecule has 1 aromatic carbocycles. The van der Waals surface area contributed by atoms with Crippen molar-refractivity contribution >= 4 is 0 Å².